The molecule has 0 aliphatic carbocycles. The molecule has 1 aliphatic heterocycles. The molecule has 1 atom stereocenters. The second-order valence-corrected chi connectivity index (χ2v) is 6.95. The summed E-state index contributed by atoms with van der Waals surface area (Å²) in [5.41, 5.74) is 3.54. The van der Waals surface area contributed by atoms with Crippen molar-refractivity contribution in [3.05, 3.63) is 59.6 Å². The minimum absolute atomic E-state index is 0.0889. The largest absolute Gasteiger partial charge is 0.341 e. The van der Waals surface area contributed by atoms with Crippen molar-refractivity contribution in [1.29, 1.82) is 0 Å². The van der Waals surface area contributed by atoms with E-state index in [1.165, 1.54) is 0 Å². The molecule has 1 amide bonds. The summed E-state index contributed by atoms with van der Waals surface area (Å²) in [6.07, 6.45) is 7.41. The highest BCUT2D eigenvalue weighted by Crippen LogP contribution is 2.31. The van der Waals surface area contributed by atoms with Crippen LogP contribution >= 0.6 is 0 Å². The highest BCUT2D eigenvalue weighted by molar-refractivity contribution is 5.79. The SMILES string of the molecule is Cc1cc(-c2ncc(C)[nH]2)nc(C2CCCN2C(=O)Cc2cccnc2)n1. The van der Waals surface area contributed by atoms with Gasteiger partial charge in [-0.15, -0.1) is 0 Å². The molecular formula is C20H22N6O. The van der Waals surface area contributed by atoms with E-state index in [4.69, 9.17) is 4.98 Å². The minimum atomic E-state index is -0.0936. The van der Waals surface area contributed by atoms with E-state index < -0.39 is 0 Å². The van der Waals surface area contributed by atoms with Crippen LogP contribution in [0.15, 0.2) is 36.8 Å². The second kappa shape index (κ2) is 7.26. The van der Waals surface area contributed by atoms with Gasteiger partial charge < -0.3 is 9.88 Å². The van der Waals surface area contributed by atoms with Gasteiger partial charge in [0.25, 0.3) is 0 Å². The van der Waals surface area contributed by atoms with Gasteiger partial charge in [-0.3, -0.25) is 9.78 Å². The normalized spacial score (nSPS) is 16.7. The topological polar surface area (TPSA) is 87.7 Å². The Balaban J connectivity index is 1.60. The number of nitrogens with zero attached hydrogens (tertiary/aromatic N) is 5. The fourth-order valence-electron chi connectivity index (χ4n) is 3.52. The molecular weight excluding hydrogens is 340 g/mol. The van der Waals surface area contributed by atoms with Crippen LogP contribution in [0.5, 0.6) is 0 Å². The zero-order valence-electron chi connectivity index (χ0n) is 15.5. The number of nitrogens with one attached hydrogen (secondary N) is 1. The fraction of sp³-hybridized carbons (Fsp3) is 0.350. The van der Waals surface area contributed by atoms with E-state index in [-0.39, 0.29) is 11.9 Å². The third-order valence-electron chi connectivity index (χ3n) is 4.77. The van der Waals surface area contributed by atoms with Crippen LogP contribution in [0.25, 0.3) is 11.5 Å². The highest BCUT2D eigenvalue weighted by atomic mass is 16.2. The maximum absolute atomic E-state index is 12.9. The van der Waals surface area contributed by atoms with Crippen molar-refractivity contribution in [2.24, 2.45) is 0 Å². The van der Waals surface area contributed by atoms with E-state index in [0.29, 0.717) is 12.2 Å². The Morgan fingerprint density at radius 3 is 2.93 bits per heavy atom. The molecule has 0 aromatic carbocycles. The second-order valence-electron chi connectivity index (χ2n) is 6.95. The molecule has 0 radical (unpaired) electrons. The van der Waals surface area contributed by atoms with Crippen molar-refractivity contribution >= 4 is 5.91 Å². The third-order valence-corrected chi connectivity index (χ3v) is 4.77. The number of hydrogen-bond donors (Lipinski definition) is 1. The summed E-state index contributed by atoms with van der Waals surface area (Å²) >= 11 is 0. The maximum atomic E-state index is 12.9. The lowest BCUT2D eigenvalue weighted by Gasteiger charge is -2.24. The Morgan fingerprint density at radius 1 is 1.30 bits per heavy atom. The van der Waals surface area contributed by atoms with Crippen LogP contribution in [-0.2, 0) is 11.2 Å². The highest BCUT2D eigenvalue weighted by Gasteiger charge is 2.32. The van der Waals surface area contributed by atoms with E-state index in [9.17, 15) is 4.79 Å². The molecule has 4 heterocycles. The third kappa shape index (κ3) is 3.72. The van der Waals surface area contributed by atoms with E-state index in [0.717, 1.165) is 47.9 Å². The monoisotopic (exact) mass is 362 g/mol. The molecule has 0 bridgehead atoms. The van der Waals surface area contributed by atoms with Crippen molar-refractivity contribution in [3.8, 4) is 11.5 Å². The number of rotatable bonds is 4. The Hall–Kier alpha value is -3.09. The summed E-state index contributed by atoms with van der Waals surface area (Å²) < 4.78 is 0. The summed E-state index contributed by atoms with van der Waals surface area (Å²) in [5, 5.41) is 0. The molecule has 4 rings (SSSR count). The molecule has 3 aromatic heterocycles. The van der Waals surface area contributed by atoms with Crippen LogP contribution in [0.4, 0.5) is 0 Å². The molecule has 1 unspecified atom stereocenters. The van der Waals surface area contributed by atoms with Crippen LogP contribution in [0.1, 0.15) is 41.7 Å². The Kier molecular flexibility index (Phi) is 4.66. The number of aromatic nitrogens is 5. The van der Waals surface area contributed by atoms with Crippen LogP contribution < -0.4 is 0 Å². The van der Waals surface area contributed by atoms with Crippen molar-refractivity contribution in [1.82, 2.24) is 29.8 Å². The van der Waals surface area contributed by atoms with Crippen LogP contribution in [0.2, 0.25) is 0 Å². The number of carbonyl (C=O) groups is 1. The first kappa shape index (κ1) is 17.3. The van der Waals surface area contributed by atoms with Gasteiger partial charge >= 0.3 is 0 Å². The summed E-state index contributed by atoms with van der Waals surface area (Å²) in [6, 6.07) is 5.60. The standard InChI is InChI=1S/C20H22N6O/c1-13-9-16(19-22-11-14(2)24-19)25-20(23-13)17-6-4-8-26(17)18(27)10-15-5-3-7-21-12-15/h3,5,7,9,11-12,17H,4,6,8,10H2,1-2H3,(H,22,24). The number of pyridine rings is 1. The van der Waals surface area contributed by atoms with Gasteiger partial charge in [-0.05, 0) is 44.4 Å². The lowest BCUT2D eigenvalue weighted by molar-refractivity contribution is -0.131. The molecule has 0 saturated carbocycles. The van der Waals surface area contributed by atoms with Gasteiger partial charge in [-0.2, -0.15) is 0 Å². The van der Waals surface area contributed by atoms with Gasteiger partial charge in [-0.1, -0.05) is 6.07 Å². The Bertz CT molecular complexity index is 952. The van der Waals surface area contributed by atoms with Gasteiger partial charge in [0, 0.05) is 36.5 Å². The Labute approximate surface area is 157 Å². The molecule has 7 nitrogen and oxygen atoms in total. The summed E-state index contributed by atoms with van der Waals surface area (Å²) in [4.78, 5) is 35.8. The van der Waals surface area contributed by atoms with E-state index >= 15 is 0 Å². The van der Waals surface area contributed by atoms with Crippen molar-refractivity contribution in [2.45, 2.75) is 39.2 Å². The average molecular weight is 362 g/mol. The van der Waals surface area contributed by atoms with Crippen LogP contribution in [0, 0.1) is 13.8 Å². The number of imidazole rings is 1. The number of carbonyl (C=O) groups excluding carboxylic acids is 1. The minimum Gasteiger partial charge on any atom is -0.341 e. The predicted octanol–water partition coefficient (Wildman–Crippen LogP) is 2.78. The van der Waals surface area contributed by atoms with E-state index in [1.54, 1.807) is 18.6 Å². The molecule has 3 aromatic rings. The smallest absolute Gasteiger partial charge is 0.227 e. The number of aryl methyl sites for hydroxylation is 2. The van der Waals surface area contributed by atoms with Crippen LogP contribution in [0.3, 0.4) is 0 Å². The van der Waals surface area contributed by atoms with Gasteiger partial charge in [0.15, 0.2) is 11.6 Å². The van der Waals surface area contributed by atoms with E-state index in [2.05, 4.69) is 19.9 Å². The summed E-state index contributed by atoms with van der Waals surface area (Å²) in [6.45, 7) is 4.64. The molecule has 1 fully saturated rings. The predicted molar refractivity (Wildman–Crippen MR) is 101 cm³/mol. The van der Waals surface area contributed by atoms with Gasteiger partial charge in [0.2, 0.25) is 5.91 Å². The van der Waals surface area contributed by atoms with Crippen LogP contribution in [-0.4, -0.2) is 42.3 Å². The molecule has 0 spiro atoms. The lowest BCUT2D eigenvalue weighted by Crippen LogP contribution is -2.32. The number of aromatic amines is 1. The zero-order valence-corrected chi connectivity index (χ0v) is 15.5. The zero-order chi connectivity index (χ0) is 18.8. The van der Waals surface area contributed by atoms with Gasteiger partial charge in [0.1, 0.15) is 5.69 Å². The number of amides is 1. The molecule has 27 heavy (non-hydrogen) atoms. The van der Waals surface area contributed by atoms with Gasteiger partial charge in [0.05, 0.1) is 12.5 Å². The quantitative estimate of drug-likeness (QED) is 0.771. The fourth-order valence-corrected chi connectivity index (χ4v) is 3.52. The van der Waals surface area contributed by atoms with E-state index in [1.807, 2.05) is 36.9 Å². The maximum Gasteiger partial charge on any atom is 0.227 e. The number of H-pyrrole nitrogens is 1. The first-order chi connectivity index (χ1) is 13.1. The molecule has 1 N–H and O–H groups in total. The number of hydrogen-bond acceptors (Lipinski definition) is 5. The molecule has 138 valence electrons. The average Bonchev–Trinajstić information content (AvgIpc) is 3.31. The molecule has 1 saturated heterocycles. The van der Waals surface area contributed by atoms with Crippen molar-refractivity contribution in [2.75, 3.05) is 6.54 Å². The Morgan fingerprint density at radius 2 is 2.19 bits per heavy atom. The van der Waals surface area contributed by atoms with Crippen molar-refractivity contribution < 1.29 is 4.79 Å². The number of likely N-dealkylation sites (tertiary alicyclic amines) is 1. The first-order valence-corrected chi connectivity index (χ1v) is 9.16. The molecule has 7 heteroatoms. The lowest BCUT2D eigenvalue weighted by atomic mass is 10.1. The van der Waals surface area contributed by atoms with Crippen molar-refractivity contribution in [3.63, 3.8) is 0 Å². The first-order valence-electron chi connectivity index (χ1n) is 9.16. The van der Waals surface area contributed by atoms with Gasteiger partial charge in [-0.25, -0.2) is 15.0 Å². The summed E-state index contributed by atoms with van der Waals surface area (Å²) in [7, 11) is 0. The molecule has 1 aliphatic rings. The summed E-state index contributed by atoms with van der Waals surface area (Å²) in [5.74, 6) is 1.51.